The molecule has 0 N–H and O–H groups in total. The second-order valence-corrected chi connectivity index (χ2v) is 15.2. The smallest absolute Gasteiger partial charge is 0.136 e. The van der Waals surface area contributed by atoms with E-state index in [1.54, 1.807) is 0 Å². The first-order chi connectivity index (χ1) is 27.2. The molecule has 0 saturated carbocycles. The molecule has 0 aliphatic carbocycles. The second-order valence-electron chi connectivity index (χ2n) is 14.1. The fourth-order valence-electron chi connectivity index (χ4n) is 8.25. The quantitative estimate of drug-likeness (QED) is 0.170. The first-order valence-electron chi connectivity index (χ1n) is 18.7. The van der Waals surface area contributed by atoms with Crippen LogP contribution in [-0.2, 0) is 0 Å². The summed E-state index contributed by atoms with van der Waals surface area (Å²) in [5, 5.41) is 7.35. The van der Waals surface area contributed by atoms with Gasteiger partial charge in [-0.2, -0.15) is 0 Å². The van der Waals surface area contributed by atoms with E-state index in [9.17, 15) is 0 Å². The average Bonchev–Trinajstić information content (AvgIpc) is 3.82. The summed E-state index contributed by atoms with van der Waals surface area (Å²) in [5.74, 6) is 0. The third kappa shape index (κ3) is 5.40. The van der Waals surface area contributed by atoms with Gasteiger partial charge in [0, 0.05) is 47.9 Å². The molecule has 258 valence electrons. The number of rotatable bonds is 6. The molecular formula is C52H33NOS. The van der Waals surface area contributed by atoms with E-state index in [-0.39, 0.29) is 0 Å². The second kappa shape index (κ2) is 12.9. The Morgan fingerprint density at radius 3 is 1.89 bits per heavy atom. The van der Waals surface area contributed by atoms with E-state index < -0.39 is 0 Å². The molecule has 0 amide bonds. The first kappa shape index (κ1) is 31.6. The molecule has 11 aromatic rings. The van der Waals surface area contributed by atoms with E-state index in [2.05, 4.69) is 193 Å². The summed E-state index contributed by atoms with van der Waals surface area (Å²) in [6, 6.07) is 72.4. The molecule has 2 nitrogen and oxygen atoms in total. The molecule has 2 heterocycles. The maximum atomic E-state index is 6.32. The number of benzene rings is 9. The van der Waals surface area contributed by atoms with Crippen molar-refractivity contribution in [3.05, 3.63) is 200 Å². The predicted octanol–water partition coefficient (Wildman–Crippen LogP) is 15.6. The minimum absolute atomic E-state index is 0.894. The number of nitrogens with zero attached hydrogens (tertiary/aromatic N) is 1. The van der Waals surface area contributed by atoms with Gasteiger partial charge < -0.3 is 9.32 Å². The largest absolute Gasteiger partial charge is 0.456 e. The Bertz CT molecular complexity index is 3240. The van der Waals surface area contributed by atoms with Crippen LogP contribution in [0.3, 0.4) is 0 Å². The Kier molecular flexibility index (Phi) is 7.39. The Hall–Kier alpha value is -6.94. The minimum atomic E-state index is 0.894. The minimum Gasteiger partial charge on any atom is -0.456 e. The van der Waals surface area contributed by atoms with Crippen molar-refractivity contribution in [3.63, 3.8) is 0 Å². The molecule has 0 spiro atoms. The van der Waals surface area contributed by atoms with Crippen LogP contribution in [-0.4, -0.2) is 0 Å². The highest BCUT2D eigenvalue weighted by atomic mass is 32.1. The van der Waals surface area contributed by atoms with Gasteiger partial charge in [-0.15, -0.1) is 11.3 Å². The third-order valence-corrected chi connectivity index (χ3v) is 12.0. The lowest BCUT2D eigenvalue weighted by molar-refractivity contribution is 0.669. The summed E-state index contributed by atoms with van der Waals surface area (Å²) >= 11 is 1.86. The van der Waals surface area contributed by atoms with Crippen LogP contribution in [0.5, 0.6) is 0 Å². The van der Waals surface area contributed by atoms with E-state index in [4.69, 9.17) is 4.42 Å². The maximum absolute atomic E-state index is 6.32. The van der Waals surface area contributed by atoms with Crippen molar-refractivity contribution in [2.75, 3.05) is 4.90 Å². The van der Waals surface area contributed by atoms with Crippen LogP contribution in [0.15, 0.2) is 205 Å². The molecular weight excluding hydrogens is 687 g/mol. The zero-order chi connectivity index (χ0) is 36.3. The van der Waals surface area contributed by atoms with Crippen molar-refractivity contribution in [1.82, 2.24) is 0 Å². The summed E-state index contributed by atoms with van der Waals surface area (Å²) in [7, 11) is 0. The average molecular weight is 720 g/mol. The van der Waals surface area contributed by atoms with Gasteiger partial charge in [-0.3, -0.25) is 0 Å². The van der Waals surface area contributed by atoms with E-state index in [0.29, 0.717) is 0 Å². The lowest BCUT2D eigenvalue weighted by Crippen LogP contribution is -2.11. The van der Waals surface area contributed by atoms with Crippen LogP contribution < -0.4 is 4.90 Å². The molecule has 55 heavy (non-hydrogen) atoms. The lowest BCUT2D eigenvalue weighted by atomic mass is 9.97. The molecule has 0 aliphatic rings. The van der Waals surface area contributed by atoms with Gasteiger partial charge in [0.1, 0.15) is 11.2 Å². The normalized spacial score (nSPS) is 11.6. The van der Waals surface area contributed by atoms with E-state index in [0.717, 1.165) is 50.1 Å². The third-order valence-electron chi connectivity index (χ3n) is 10.8. The molecule has 0 unspecified atom stereocenters. The highest BCUT2D eigenvalue weighted by Gasteiger charge is 2.20. The van der Waals surface area contributed by atoms with Gasteiger partial charge in [-0.05, 0) is 99.3 Å². The number of anilines is 3. The van der Waals surface area contributed by atoms with Gasteiger partial charge in [-0.25, -0.2) is 0 Å². The standard InChI is InChI=1S/C52H33NOS/c1-2-13-35-30-39(27-26-34(35)12-1)42-18-3-6-22-47(42)53(40-16-9-14-36(31-40)37-28-29-45-44-19-5-8-25-50(44)55-51(45)33-37)41-17-10-15-38(32-41)43-21-11-24-49-52(43)46-20-4-7-23-48(46)54-49/h1-33H. The van der Waals surface area contributed by atoms with Crippen LogP contribution in [0.4, 0.5) is 17.1 Å². The molecule has 0 atom stereocenters. The predicted molar refractivity (Wildman–Crippen MR) is 235 cm³/mol. The molecule has 2 aromatic heterocycles. The Morgan fingerprint density at radius 2 is 0.982 bits per heavy atom. The number of thiophene rings is 1. The van der Waals surface area contributed by atoms with Gasteiger partial charge in [0.25, 0.3) is 0 Å². The van der Waals surface area contributed by atoms with Crippen LogP contribution in [0.1, 0.15) is 0 Å². The van der Waals surface area contributed by atoms with E-state index in [1.807, 2.05) is 23.5 Å². The van der Waals surface area contributed by atoms with Gasteiger partial charge in [0.2, 0.25) is 0 Å². The summed E-state index contributed by atoms with van der Waals surface area (Å²) < 4.78 is 8.94. The Labute approximate surface area is 322 Å². The monoisotopic (exact) mass is 719 g/mol. The summed E-state index contributed by atoms with van der Waals surface area (Å²) in [4.78, 5) is 2.42. The van der Waals surface area contributed by atoms with Gasteiger partial charge >= 0.3 is 0 Å². The number of fused-ring (bicyclic) bond motifs is 7. The summed E-state index contributed by atoms with van der Waals surface area (Å²) in [6.07, 6.45) is 0. The molecule has 0 saturated heterocycles. The van der Waals surface area contributed by atoms with Crippen molar-refractivity contribution < 1.29 is 4.42 Å². The molecule has 11 rings (SSSR count). The van der Waals surface area contributed by atoms with Crippen LogP contribution in [0, 0.1) is 0 Å². The topological polar surface area (TPSA) is 16.4 Å². The van der Waals surface area contributed by atoms with Crippen LogP contribution in [0.2, 0.25) is 0 Å². The molecule has 0 bridgehead atoms. The fraction of sp³-hybridized carbons (Fsp3) is 0. The van der Waals surface area contributed by atoms with E-state index >= 15 is 0 Å². The summed E-state index contributed by atoms with van der Waals surface area (Å²) in [6.45, 7) is 0. The molecule has 0 fully saturated rings. The number of para-hydroxylation sites is 2. The van der Waals surface area contributed by atoms with Gasteiger partial charge in [0.05, 0.1) is 5.69 Å². The molecule has 0 radical (unpaired) electrons. The Balaban J connectivity index is 1.11. The van der Waals surface area contributed by atoms with Gasteiger partial charge in [0.15, 0.2) is 0 Å². The highest BCUT2D eigenvalue weighted by Crippen LogP contribution is 2.45. The lowest BCUT2D eigenvalue weighted by Gasteiger charge is -2.29. The first-order valence-corrected chi connectivity index (χ1v) is 19.5. The van der Waals surface area contributed by atoms with Crippen molar-refractivity contribution in [1.29, 1.82) is 0 Å². The van der Waals surface area contributed by atoms with Crippen LogP contribution in [0.25, 0.3) is 86.3 Å². The van der Waals surface area contributed by atoms with Crippen molar-refractivity contribution in [3.8, 4) is 33.4 Å². The highest BCUT2D eigenvalue weighted by molar-refractivity contribution is 7.25. The zero-order valence-electron chi connectivity index (χ0n) is 29.8. The zero-order valence-corrected chi connectivity index (χ0v) is 30.6. The van der Waals surface area contributed by atoms with E-state index in [1.165, 1.54) is 53.2 Å². The number of furan rings is 1. The van der Waals surface area contributed by atoms with Gasteiger partial charge in [-0.1, -0.05) is 140 Å². The number of hydrogen-bond donors (Lipinski definition) is 0. The molecule has 0 aliphatic heterocycles. The van der Waals surface area contributed by atoms with Crippen molar-refractivity contribution >= 4 is 81.3 Å². The SMILES string of the molecule is c1cc(-c2ccc3c(c2)sc2ccccc23)cc(N(c2cccc(-c3cccc4oc5ccccc5c34)c2)c2ccccc2-c2ccc3ccccc3c2)c1. The van der Waals surface area contributed by atoms with Crippen LogP contribution >= 0.6 is 11.3 Å². The molecule has 9 aromatic carbocycles. The number of hydrogen-bond acceptors (Lipinski definition) is 3. The van der Waals surface area contributed by atoms with Crippen molar-refractivity contribution in [2.45, 2.75) is 0 Å². The maximum Gasteiger partial charge on any atom is 0.136 e. The Morgan fingerprint density at radius 1 is 0.364 bits per heavy atom. The molecule has 3 heteroatoms. The summed E-state index contributed by atoms with van der Waals surface area (Å²) in [5.41, 5.74) is 12.1. The van der Waals surface area contributed by atoms with Crippen molar-refractivity contribution in [2.24, 2.45) is 0 Å². The fourth-order valence-corrected chi connectivity index (χ4v) is 9.40.